The number of aromatic nitrogens is 2. The van der Waals surface area contributed by atoms with Crippen LogP contribution in [0.5, 0.6) is 0 Å². The number of carbonyl (C=O) groups excluding carboxylic acids is 2. The summed E-state index contributed by atoms with van der Waals surface area (Å²) in [5.74, 6) is -0.195. The van der Waals surface area contributed by atoms with E-state index in [1.807, 2.05) is 40.9 Å². The lowest BCUT2D eigenvalue weighted by atomic mass is 10.1. The molecule has 2 aromatic carbocycles. The topological polar surface area (TPSA) is 84.7 Å². The third kappa shape index (κ3) is 3.80. The van der Waals surface area contributed by atoms with Crippen LogP contribution in [0.3, 0.4) is 0 Å². The number of imidazole rings is 1. The molecule has 31 heavy (non-hydrogen) atoms. The molecule has 1 fully saturated rings. The van der Waals surface area contributed by atoms with Crippen LogP contribution in [0.2, 0.25) is 0 Å². The first-order valence-electron chi connectivity index (χ1n) is 10.3. The second-order valence-electron chi connectivity index (χ2n) is 7.56. The molecule has 1 atom stereocenters. The van der Waals surface area contributed by atoms with E-state index in [4.69, 9.17) is 9.72 Å². The van der Waals surface area contributed by atoms with E-state index >= 15 is 0 Å². The fourth-order valence-electron chi connectivity index (χ4n) is 3.83. The van der Waals surface area contributed by atoms with Gasteiger partial charge in [0.15, 0.2) is 4.96 Å². The minimum Gasteiger partial charge on any atom is -0.376 e. The van der Waals surface area contributed by atoms with E-state index in [1.165, 1.54) is 0 Å². The normalized spacial score (nSPS) is 16.1. The molecule has 1 aliphatic rings. The fourth-order valence-corrected chi connectivity index (χ4v) is 4.88. The van der Waals surface area contributed by atoms with E-state index in [9.17, 15) is 9.59 Å². The van der Waals surface area contributed by atoms with Gasteiger partial charge in [-0.3, -0.25) is 14.0 Å². The number of thiazole rings is 1. The summed E-state index contributed by atoms with van der Waals surface area (Å²) in [5, 5.41) is 5.59. The zero-order chi connectivity index (χ0) is 21.4. The maximum absolute atomic E-state index is 12.5. The molecule has 0 spiro atoms. The van der Waals surface area contributed by atoms with E-state index in [2.05, 4.69) is 10.6 Å². The maximum atomic E-state index is 12.5. The summed E-state index contributed by atoms with van der Waals surface area (Å²) in [4.78, 5) is 29.8. The molecule has 4 aromatic rings. The molecule has 1 unspecified atom stereocenters. The highest BCUT2D eigenvalue weighted by Gasteiger charge is 2.18. The van der Waals surface area contributed by atoms with Crippen molar-refractivity contribution in [2.75, 3.05) is 20.2 Å². The Kier molecular flexibility index (Phi) is 5.17. The molecule has 3 heterocycles. The Morgan fingerprint density at radius 2 is 1.97 bits per heavy atom. The summed E-state index contributed by atoms with van der Waals surface area (Å²) in [6.45, 7) is 1.33. The number of benzene rings is 2. The molecule has 0 radical (unpaired) electrons. The number of hydrogen-bond donors (Lipinski definition) is 2. The van der Waals surface area contributed by atoms with Crippen LogP contribution in [0.4, 0.5) is 0 Å². The number of amides is 2. The number of fused-ring (bicyclic) bond motifs is 3. The van der Waals surface area contributed by atoms with Gasteiger partial charge in [0.2, 0.25) is 0 Å². The highest BCUT2D eigenvalue weighted by molar-refractivity contribution is 7.23. The predicted molar refractivity (Wildman–Crippen MR) is 121 cm³/mol. The SMILES string of the molecule is CNC(=O)c1ccc(-c2cn3c(n2)sc2cc(C(=O)NCC4CCCO4)ccc23)cc1. The van der Waals surface area contributed by atoms with Crippen molar-refractivity contribution in [3.63, 3.8) is 0 Å². The minimum absolute atomic E-state index is 0.0830. The Bertz CT molecular complexity index is 1270. The molecule has 2 aromatic heterocycles. The lowest BCUT2D eigenvalue weighted by Crippen LogP contribution is -2.31. The summed E-state index contributed by atoms with van der Waals surface area (Å²) in [7, 11) is 1.62. The Hall–Kier alpha value is -3.23. The van der Waals surface area contributed by atoms with E-state index < -0.39 is 0 Å². The molecule has 2 N–H and O–H groups in total. The molecule has 158 valence electrons. The Balaban J connectivity index is 1.37. The third-order valence-corrected chi connectivity index (χ3v) is 6.56. The molecule has 0 saturated carbocycles. The van der Waals surface area contributed by atoms with Crippen LogP contribution >= 0.6 is 11.3 Å². The molecule has 0 aliphatic carbocycles. The van der Waals surface area contributed by atoms with Crippen molar-refractivity contribution in [3.8, 4) is 11.3 Å². The number of nitrogens with one attached hydrogen (secondary N) is 2. The fraction of sp³-hybridized carbons (Fsp3) is 0.261. The molecule has 5 rings (SSSR count). The quantitative estimate of drug-likeness (QED) is 0.504. The third-order valence-electron chi connectivity index (χ3n) is 5.54. The predicted octanol–water partition coefficient (Wildman–Crippen LogP) is 3.48. The Morgan fingerprint density at radius 1 is 1.16 bits per heavy atom. The monoisotopic (exact) mass is 434 g/mol. The van der Waals surface area contributed by atoms with Crippen molar-refractivity contribution in [3.05, 3.63) is 59.8 Å². The van der Waals surface area contributed by atoms with Crippen molar-refractivity contribution in [1.82, 2.24) is 20.0 Å². The molecule has 1 saturated heterocycles. The van der Waals surface area contributed by atoms with Crippen LogP contribution < -0.4 is 10.6 Å². The first-order chi connectivity index (χ1) is 15.1. The summed E-state index contributed by atoms with van der Waals surface area (Å²) in [6, 6.07) is 13.1. The first kappa shape index (κ1) is 19.7. The van der Waals surface area contributed by atoms with Gasteiger partial charge in [-0.05, 0) is 43.2 Å². The molecule has 1 aliphatic heterocycles. The number of carbonyl (C=O) groups is 2. The van der Waals surface area contributed by atoms with Crippen molar-refractivity contribution >= 4 is 38.3 Å². The average molecular weight is 435 g/mol. The van der Waals surface area contributed by atoms with Gasteiger partial charge in [0.1, 0.15) is 0 Å². The molecule has 8 heteroatoms. The highest BCUT2D eigenvalue weighted by atomic mass is 32.1. The summed E-state index contributed by atoms with van der Waals surface area (Å²) < 4.78 is 8.61. The lowest BCUT2D eigenvalue weighted by Gasteiger charge is -2.10. The van der Waals surface area contributed by atoms with Crippen LogP contribution in [-0.4, -0.2) is 47.5 Å². The van der Waals surface area contributed by atoms with E-state index in [-0.39, 0.29) is 17.9 Å². The number of nitrogens with zero attached hydrogens (tertiary/aromatic N) is 2. The van der Waals surface area contributed by atoms with E-state index in [0.29, 0.717) is 17.7 Å². The minimum atomic E-state index is -0.112. The second-order valence-corrected chi connectivity index (χ2v) is 8.57. The van der Waals surface area contributed by atoms with Gasteiger partial charge in [-0.2, -0.15) is 0 Å². The van der Waals surface area contributed by atoms with Crippen LogP contribution in [0.1, 0.15) is 33.6 Å². The first-order valence-corrected chi connectivity index (χ1v) is 11.1. The summed E-state index contributed by atoms with van der Waals surface area (Å²) in [5.41, 5.74) is 4.05. The van der Waals surface area contributed by atoms with Gasteiger partial charge in [0.05, 0.1) is 22.0 Å². The smallest absolute Gasteiger partial charge is 0.251 e. The molecule has 7 nitrogen and oxygen atoms in total. The maximum Gasteiger partial charge on any atom is 0.251 e. The zero-order valence-electron chi connectivity index (χ0n) is 17.1. The van der Waals surface area contributed by atoms with E-state index in [1.54, 1.807) is 30.5 Å². The number of rotatable bonds is 5. The lowest BCUT2D eigenvalue weighted by molar-refractivity contribution is 0.0857. The van der Waals surface area contributed by atoms with Gasteiger partial charge in [-0.1, -0.05) is 23.5 Å². The average Bonchev–Trinajstić information content (AvgIpc) is 3.53. The van der Waals surface area contributed by atoms with Crippen LogP contribution in [0.25, 0.3) is 26.4 Å². The standard InChI is InChI=1S/C23H22N4O3S/c1-24-21(28)15-6-4-14(5-7-15)18-13-27-19-9-8-16(11-20(19)31-23(27)26-18)22(29)25-12-17-3-2-10-30-17/h4-9,11,13,17H,2-3,10,12H2,1H3,(H,24,28)(H,25,29). The van der Waals surface area contributed by atoms with Crippen LogP contribution in [0.15, 0.2) is 48.7 Å². The molecule has 2 amide bonds. The Morgan fingerprint density at radius 3 is 2.71 bits per heavy atom. The van der Waals surface area contributed by atoms with Gasteiger partial charge in [0, 0.05) is 43.1 Å². The zero-order valence-corrected chi connectivity index (χ0v) is 17.9. The van der Waals surface area contributed by atoms with Gasteiger partial charge < -0.3 is 15.4 Å². The van der Waals surface area contributed by atoms with Crippen molar-refractivity contribution in [2.45, 2.75) is 18.9 Å². The highest BCUT2D eigenvalue weighted by Crippen LogP contribution is 2.30. The van der Waals surface area contributed by atoms with Crippen LogP contribution in [0, 0.1) is 0 Å². The number of hydrogen-bond acceptors (Lipinski definition) is 5. The number of ether oxygens (including phenoxy) is 1. The summed E-state index contributed by atoms with van der Waals surface area (Å²) in [6.07, 6.45) is 4.17. The molecule has 0 bridgehead atoms. The Labute approximate surface area is 183 Å². The van der Waals surface area contributed by atoms with Crippen molar-refractivity contribution < 1.29 is 14.3 Å². The van der Waals surface area contributed by atoms with Crippen LogP contribution in [-0.2, 0) is 4.74 Å². The van der Waals surface area contributed by atoms with Gasteiger partial charge in [-0.25, -0.2) is 4.98 Å². The van der Waals surface area contributed by atoms with E-state index in [0.717, 1.165) is 45.9 Å². The molecular formula is C23H22N4O3S. The second kappa shape index (κ2) is 8.13. The van der Waals surface area contributed by atoms with Crippen molar-refractivity contribution in [1.29, 1.82) is 0 Å². The van der Waals surface area contributed by atoms with Crippen molar-refractivity contribution in [2.24, 2.45) is 0 Å². The van der Waals surface area contributed by atoms with Gasteiger partial charge in [-0.15, -0.1) is 0 Å². The van der Waals surface area contributed by atoms with Gasteiger partial charge in [0.25, 0.3) is 11.8 Å². The summed E-state index contributed by atoms with van der Waals surface area (Å²) >= 11 is 1.55. The molecular weight excluding hydrogens is 412 g/mol. The largest absolute Gasteiger partial charge is 0.376 e. The van der Waals surface area contributed by atoms with Gasteiger partial charge >= 0.3 is 0 Å².